The number of hydrogen-bond acceptors (Lipinski definition) is 7. The number of rotatable bonds is 6. The van der Waals surface area contributed by atoms with Crippen LogP contribution in [0.4, 0.5) is 17.1 Å². The lowest BCUT2D eigenvalue weighted by Gasteiger charge is -2.16. The molecule has 0 aromatic heterocycles. The third kappa shape index (κ3) is 3.59. The van der Waals surface area contributed by atoms with Gasteiger partial charge in [-0.3, -0.25) is 14.9 Å². The zero-order chi connectivity index (χ0) is 18.7. The van der Waals surface area contributed by atoms with E-state index in [9.17, 15) is 14.9 Å². The number of allylic oxidation sites excluding steroid dienone is 1. The fourth-order valence-corrected chi connectivity index (χ4v) is 2.48. The number of non-ortho nitro benzene ring substituents is 1. The van der Waals surface area contributed by atoms with Crippen molar-refractivity contribution in [2.45, 2.75) is 0 Å². The fraction of sp³-hybridized carbons (Fsp3) is 0.167. The number of nitro benzene ring substituents is 1. The number of nitrogens with one attached hydrogen (secondary N) is 1. The Kier molecular flexibility index (Phi) is 4.74. The van der Waals surface area contributed by atoms with Gasteiger partial charge in [-0.1, -0.05) is 0 Å². The molecule has 3 rings (SSSR count). The molecule has 1 aliphatic rings. The molecule has 26 heavy (non-hydrogen) atoms. The van der Waals surface area contributed by atoms with Crippen LogP contribution in [0.25, 0.3) is 0 Å². The average molecular weight is 355 g/mol. The highest BCUT2D eigenvalue weighted by atomic mass is 16.7. The van der Waals surface area contributed by atoms with Crippen molar-refractivity contribution in [3.63, 3.8) is 0 Å². The molecule has 8 nitrogen and oxygen atoms in total. The normalized spacial score (nSPS) is 12.2. The molecule has 0 spiro atoms. The second kappa shape index (κ2) is 7.14. The summed E-state index contributed by atoms with van der Waals surface area (Å²) in [7, 11) is 3.57. The van der Waals surface area contributed by atoms with Crippen LogP contribution < -0.4 is 19.7 Å². The van der Waals surface area contributed by atoms with Gasteiger partial charge >= 0.3 is 0 Å². The number of carbonyl (C=O) groups excluding carboxylic acids is 1. The van der Waals surface area contributed by atoms with Crippen LogP contribution in [0.1, 0.15) is 10.4 Å². The van der Waals surface area contributed by atoms with Crippen LogP contribution in [0, 0.1) is 10.1 Å². The second-order valence-corrected chi connectivity index (χ2v) is 5.76. The van der Waals surface area contributed by atoms with Gasteiger partial charge in [-0.05, 0) is 24.3 Å². The Morgan fingerprint density at radius 2 is 1.96 bits per heavy atom. The molecular formula is C18H17N3O5. The Morgan fingerprint density at radius 3 is 2.69 bits per heavy atom. The summed E-state index contributed by atoms with van der Waals surface area (Å²) in [5, 5.41) is 13.9. The Balaban J connectivity index is 1.74. The molecule has 0 saturated heterocycles. The van der Waals surface area contributed by atoms with Crippen LogP contribution in [0.5, 0.6) is 11.5 Å². The third-order valence-corrected chi connectivity index (χ3v) is 3.80. The molecule has 0 bridgehead atoms. The molecule has 0 atom stereocenters. The summed E-state index contributed by atoms with van der Waals surface area (Å²) >= 11 is 0. The zero-order valence-electron chi connectivity index (χ0n) is 14.3. The minimum absolute atomic E-state index is 0.000309. The largest absolute Gasteiger partial charge is 0.454 e. The van der Waals surface area contributed by atoms with Gasteiger partial charge in [0.05, 0.1) is 16.3 Å². The first-order valence-electron chi connectivity index (χ1n) is 7.78. The van der Waals surface area contributed by atoms with Crippen molar-refractivity contribution in [2.24, 2.45) is 0 Å². The number of hydrogen-bond donors (Lipinski definition) is 1. The SMILES string of the molecule is CN(C)c1cc([N+](=O)[O-])ccc1N/C=C\C(=O)c1ccc2c(c1)OCO2. The van der Waals surface area contributed by atoms with E-state index < -0.39 is 4.92 Å². The molecule has 0 fully saturated rings. The van der Waals surface area contributed by atoms with Crippen molar-refractivity contribution in [3.8, 4) is 11.5 Å². The summed E-state index contributed by atoms with van der Waals surface area (Å²) in [5.74, 6) is 0.955. The average Bonchev–Trinajstić information content (AvgIpc) is 3.09. The van der Waals surface area contributed by atoms with E-state index in [0.717, 1.165) is 0 Å². The maximum atomic E-state index is 12.3. The van der Waals surface area contributed by atoms with Gasteiger partial charge in [-0.2, -0.15) is 0 Å². The van der Waals surface area contributed by atoms with Gasteiger partial charge in [0.15, 0.2) is 17.3 Å². The van der Waals surface area contributed by atoms with E-state index in [1.54, 1.807) is 43.3 Å². The molecule has 1 N–H and O–H groups in total. The Labute approximate surface area is 149 Å². The van der Waals surface area contributed by atoms with E-state index in [2.05, 4.69) is 5.32 Å². The molecular weight excluding hydrogens is 338 g/mol. The first kappa shape index (κ1) is 17.3. The highest BCUT2D eigenvalue weighted by molar-refractivity contribution is 6.05. The van der Waals surface area contributed by atoms with E-state index in [1.807, 2.05) is 0 Å². The van der Waals surface area contributed by atoms with Gasteiger partial charge < -0.3 is 19.7 Å². The molecule has 0 unspecified atom stereocenters. The smallest absolute Gasteiger partial charge is 0.271 e. The first-order chi connectivity index (χ1) is 12.5. The molecule has 8 heteroatoms. The lowest BCUT2D eigenvalue weighted by molar-refractivity contribution is -0.384. The van der Waals surface area contributed by atoms with Crippen molar-refractivity contribution in [1.29, 1.82) is 0 Å². The zero-order valence-corrected chi connectivity index (χ0v) is 14.3. The number of ether oxygens (including phenoxy) is 2. The topological polar surface area (TPSA) is 93.9 Å². The van der Waals surface area contributed by atoms with Gasteiger partial charge in [0.2, 0.25) is 6.79 Å². The van der Waals surface area contributed by atoms with Crippen molar-refractivity contribution < 1.29 is 19.2 Å². The van der Waals surface area contributed by atoms with Crippen molar-refractivity contribution >= 4 is 22.8 Å². The molecule has 0 amide bonds. The van der Waals surface area contributed by atoms with E-state index in [-0.39, 0.29) is 18.3 Å². The van der Waals surface area contributed by atoms with Crippen LogP contribution in [0.3, 0.4) is 0 Å². The second-order valence-electron chi connectivity index (χ2n) is 5.76. The Hall–Kier alpha value is -3.55. The van der Waals surface area contributed by atoms with Crippen molar-refractivity contribution in [2.75, 3.05) is 31.1 Å². The fourth-order valence-electron chi connectivity index (χ4n) is 2.48. The Morgan fingerprint density at radius 1 is 1.19 bits per heavy atom. The predicted octanol–water partition coefficient (Wildman–Crippen LogP) is 3.20. The number of fused-ring (bicyclic) bond motifs is 1. The summed E-state index contributed by atoms with van der Waals surface area (Å²) in [6, 6.07) is 9.46. The van der Waals surface area contributed by atoms with Crippen LogP contribution >= 0.6 is 0 Å². The summed E-state index contributed by atoms with van der Waals surface area (Å²) in [4.78, 5) is 24.5. The molecule has 1 aliphatic heterocycles. The molecule has 1 heterocycles. The standard InChI is InChI=1S/C18H17N3O5/c1-20(2)15-10-13(21(23)24)4-5-14(15)19-8-7-16(22)12-3-6-17-18(9-12)26-11-25-17/h3-10,19H,11H2,1-2H3/b8-7-. The highest BCUT2D eigenvalue weighted by Crippen LogP contribution is 2.33. The summed E-state index contributed by atoms with van der Waals surface area (Å²) in [5.41, 5.74) is 1.76. The van der Waals surface area contributed by atoms with Crippen LogP contribution in [0.2, 0.25) is 0 Å². The first-order valence-corrected chi connectivity index (χ1v) is 7.78. The third-order valence-electron chi connectivity index (χ3n) is 3.80. The molecule has 0 aliphatic carbocycles. The molecule has 0 saturated carbocycles. The number of nitrogens with zero attached hydrogens (tertiary/aromatic N) is 2. The van der Waals surface area contributed by atoms with Crippen molar-refractivity contribution in [3.05, 3.63) is 64.4 Å². The quantitative estimate of drug-likeness (QED) is 0.368. The van der Waals surface area contributed by atoms with Gasteiger partial charge in [-0.15, -0.1) is 0 Å². The number of nitro groups is 1. The van der Waals surface area contributed by atoms with E-state index in [1.165, 1.54) is 24.4 Å². The number of benzene rings is 2. The Bertz CT molecular complexity index is 892. The number of carbonyl (C=O) groups is 1. The van der Waals surface area contributed by atoms with Gasteiger partial charge in [0.25, 0.3) is 5.69 Å². The van der Waals surface area contributed by atoms with Crippen LogP contribution in [-0.4, -0.2) is 31.6 Å². The number of ketones is 1. The maximum Gasteiger partial charge on any atom is 0.271 e. The predicted molar refractivity (Wildman–Crippen MR) is 97.1 cm³/mol. The van der Waals surface area contributed by atoms with Crippen LogP contribution in [0.15, 0.2) is 48.7 Å². The van der Waals surface area contributed by atoms with E-state index in [0.29, 0.717) is 28.4 Å². The lowest BCUT2D eigenvalue weighted by atomic mass is 10.1. The molecule has 2 aromatic carbocycles. The highest BCUT2D eigenvalue weighted by Gasteiger charge is 2.15. The molecule has 0 radical (unpaired) electrons. The lowest BCUT2D eigenvalue weighted by Crippen LogP contribution is -2.11. The molecule has 134 valence electrons. The summed E-state index contributed by atoms with van der Waals surface area (Å²) < 4.78 is 10.5. The molecule has 2 aromatic rings. The summed E-state index contributed by atoms with van der Waals surface area (Å²) in [6.07, 6.45) is 2.89. The van der Waals surface area contributed by atoms with E-state index >= 15 is 0 Å². The van der Waals surface area contributed by atoms with Crippen molar-refractivity contribution in [1.82, 2.24) is 0 Å². The van der Waals surface area contributed by atoms with Crippen LogP contribution in [-0.2, 0) is 0 Å². The maximum absolute atomic E-state index is 12.3. The van der Waals surface area contributed by atoms with Gasteiger partial charge in [0.1, 0.15) is 0 Å². The monoisotopic (exact) mass is 355 g/mol. The van der Waals surface area contributed by atoms with E-state index in [4.69, 9.17) is 9.47 Å². The van der Waals surface area contributed by atoms with Gasteiger partial charge in [0, 0.05) is 44.1 Å². The minimum atomic E-state index is -0.449. The minimum Gasteiger partial charge on any atom is -0.454 e. The number of anilines is 2. The summed E-state index contributed by atoms with van der Waals surface area (Å²) in [6.45, 7) is 0.151. The van der Waals surface area contributed by atoms with Gasteiger partial charge in [-0.25, -0.2) is 0 Å².